The summed E-state index contributed by atoms with van der Waals surface area (Å²) < 4.78 is 5.82. The summed E-state index contributed by atoms with van der Waals surface area (Å²) >= 11 is 0. The summed E-state index contributed by atoms with van der Waals surface area (Å²) in [6, 6.07) is 14.2. The average Bonchev–Trinajstić information content (AvgIpc) is 3.05. The number of ketones is 1. The monoisotopic (exact) mass is 450 g/mol. The summed E-state index contributed by atoms with van der Waals surface area (Å²) in [6.07, 6.45) is 2.74. The summed E-state index contributed by atoms with van der Waals surface area (Å²) in [5, 5.41) is 11.2. The van der Waals surface area contributed by atoms with Gasteiger partial charge in [0.05, 0.1) is 18.2 Å². The van der Waals surface area contributed by atoms with Gasteiger partial charge in [0.25, 0.3) is 11.7 Å². The number of Topliss-reactive ketones (excluding diaryl/α,β-unsaturated/α-hetero) is 1. The molecule has 6 nitrogen and oxygen atoms in total. The number of likely N-dealkylation sites (tertiary alicyclic amines) is 1. The molecule has 1 saturated heterocycles. The van der Waals surface area contributed by atoms with Crippen molar-refractivity contribution in [3.05, 3.63) is 70.8 Å². The Morgan fingerprint density at radius 1 is 1.09 bits per heavy atom. The van der Waals surface area contributed by atoms with Crippen LogP contribution in [0.15, 0.2) is 54.1 Å². The molecule has 0 saturated carbocycles. The van der Waals surface area contributed by atoms with Gasteiger partial charge in [-0.25, -0.2) is 0 Å². The van der Waals surface area contributed by atoms with E-state index in [0.717, 1.165) is 42.7 Å². The van der Waals surface area contributed by atoms with E-state index < -0.39 is 17.7 Å². The number of hydrogen-bond donors (Lipinski definition) is 1. The van der Waals surface area contributed by atoms with Crippen LogP contribution in [0.4, 0.5) is 0 Å². The molecule has 0 radical (unpaired) electrons. The number of rotatable bonds is 10. The van der Waals surface area contributed by atoms with Gasteiger partial charge >= 0.3 is 0 Å². The zero-order chi connectivity index (χ0) is 24.0. The topological polar surface area (TPSA) is 70.1 Å². The maximum atomic E-state index is 13.1. The van der Waals surface area contributed by atoms with Gasteiger partial charge in [0.2, 0.25) is 0 Å². The van der Waals surface area contributed by atoms with E-state index in [-0.39, 0.29) is 11.3 Å². The molecule has 33 heavy (non-hydrogen) atoms. The average molecular weight is 451 g/mol. The van der Waals surface area contributed by atoms with Crippen LogP contribution in [0.25, 0.3) is 5.76 Å². The third kappa shape index (κ3) is 5.63. The Balaban J connectivity index is 1.99. The molecule has 2 aromatic rings. The first-order chi connectivity index (χ1) is 15.8. The van der Waals surface area contributed by atoms with Gasteiger partial charge in [-0.05, 0) is 69.7 Å². The Morgan fingerprint density at radius 2 is 1.82 bits per heavy atom. The van der Waals surface area contributed by atoms with Crippen molar-refractivity contribution in [2.24, 2.45) is 0 Å². The summed E-state index contributed by atoms with van der Waals surface area (Å²) in [5.74, 6) is -0.614. The first-order valence-corrected chi connectivity index (χ1v) is 11.6. The van der Waals surface area contributed by atoms with Gasteiger partial charge in [-0.3, -0.25) is 9.59 Å². The fourth-order valence-corrected chi connectivity index (χ4v) is 4.09. The van der Waals surface area contributed by atoms with E-state index >= 15 is 0 Å². The van der Waals surface area contributed by atoms with E-state index in [1.165, 1.54) is 0 Å². The standard InChI is InChI=1S/C27H34N2O4/c1-5-6-17-33-22-14-13-21(18-19(22)2)25(30)23-24(20-11-8-7-9-12-20)29(27(32)26(23)31)16-10-15-28(3)4/h7-9,11-14,18,24,30H,5-6,10,15-17H2,1-4H3/t24-/m0/s1. The molecule has 1 aliphatic heterocycles. The normalized spacial score (nSPS) is 17.7. The van der Waals surface area contributed by atoms with Crippen molar-refractivity contribution in [2.75, 3.05) is 33.8 Å². The predicted molar refractivity (Wildman–Crippen MR) is 130 cm³/mol. The second-order valence-electron chi connectivity index (χ2n) is 8.74. The number of nitrogens with zero attached hydrogens (tertiary/aromatic N) is 2. The zero-order valence-electron chi connectivity index (χ0n) is 20.0. The van der Waals surface area contributed by atoms with Crippen molar-refractivity contribution in [1.82, 2.24) is 9.80 Å². The Bertz CT molecular complexity index is 1010. The quantitative estimate of drug-likeness (QED) is 0.249. The van der Waals surface area contributed by atoms with Gasteiger partial charge in [0, 0.05) is 12.1 Å². The number of carbonyl (C=O) groups is 2. The molecule has 1 amide bonds. The molecule has 1 heterocycles. The Kier molecular flexibility index (Phi) is 8.28. The highest BCUT2D eigenvalue weighted by atomic mass is 16.5. The van der Waals surface area contributed by atoms with Gasteiger partial charge in [0.1, 0.15) is 11.5 Å². The predicted octanol–water partition coefficient (Wildman–Crippen LogP) is 4.55. The minimum atomic E-state index is -0.646. The lowest BCUT2D eigenvalue weighted by Crippen LogP contribution is -2.32. The summed E-state index contributed by atoms with van der Waals surface area (Å²) in [4.78, 5) is 29.7. The number of unbranched alkanes of at least 4 members (excludes halogenated alkanes) is 1. The zero-order valence-corrected chi connectivity index (χ0v) is 20.0. The third-order valence-electron chi connectivity index (χ3n) is 5.86. The molecule has 2 aromatic carbocycles. The fraction of sp³-hybridized carbons (Fsp3) is 0.407. The van der Waals surface area contributed by atoms with Crippen molar-refractivity contribution >= 4 is 17.4 Å². The summed E-state index contributed by atoms with van der Waals surface area (Å²) in [5.41, 5.74) is 2.31. The van der Waals surface area contributed by atoms with E-state index in [9.17, 15) is 14.7 Å². The van der Waals surface area contributed by atoms with Gasteiger partial charge in [-0.15, -0.1) is 0 Å². The molecule has 0 aliphatic carbocycles. The number of ether oxygens (including phenoxy) is 1. The molecule has 1 atom stereocenters. The molecule has 1 fully saturated rings. The van der Waals surface area contributed by atoms with Gasteiger partial charge in [0.15, 0.2) is 0 Å². The first-order valence-electron chi connectivity index (χ1n) is 11.6. The van der Waals surface area contributed by atoms with Crippen LogP contribution in [0.5, 0.6) is 5.75 Å². The molecule has 0 aromatic heterocycles. The number of amides is 1. The van der Waals surface area contributed by atoms with Gasteiger partial charge in [-0.1, -0.05) is 43.7 Å². The molecule has 0 bridgehead atoms. The van der Waals surface area contributed by atoms with E-state index in [4.69, 9.17) is 4.74 Å². The Morgan fingerprint density at radius 3 is 2.45 bits per heavy atom. The van der Waals surface area contributed by atoms with Crippen molar-refractivity contribution in [3.8, 4) is 5.75 Å². The third-order valence-corrected chi connectivity index (χ3v) is 5.86. The highest BCUT2D eigenvalue weighted by Gasteiger charge is 2.45. The highest BCUT2D eigenvalue weighted by molar-refractivity contribution is 6.46. The maximum Gasteiger partial charge on any atom is 0.295 e. The molecule has 176 valence electrons. The molecule has 6 heteroatoms. The van der Waals surface area contributed by atoms with Crippen LogP contribution in [-0.2, 0) is 9.59 Å². The van der Waals surface area contributed by atoms with Crippen LogP contribution in [0.1, 0.15) is 48.9 Å². The fourth-order valence-electron chi connectivity index (χ4n) is 4.09. The number of carbonyl (C=O) groups excluding carboxylic acids is 2. The number of aryl methyl sites for hydroxylation is 1. The second kappa shape index (κ2) is 11.1. The molecule has 1 N–H and O–H groups in total. The van der Waals surface area contributed by atoms with E-state index in [0.29, 0.717) is 18.7 Å². The van der Waals surface area contributed by atoms with Crippen molar-refractivity contribution in [3.63, 3.8) is 0 Å². The number of aliphatic hydroxyl groups excluding tert-OH is 1. The van der Waals surface area contributed by atoms with Crippen LogP contribution in [0.2, 0.25) is 0 Å². The molecule has 1 aliphatic rings. The number of aliphatic hydroxyl groups is 1. The molecule has 0 spiro atoms. The van der Waals surface area contributed by atoms with Crippen LogP contribution in [0.3, 0.4) is 0 Å². The van der Waals surface area contributed by atoms with Crippen LogP contribution < -0.4 is 4.74 Å². The second-order valence-corrected chi connectivity index (χ2v) is 8.74. The lowest BCUT2D eigenvalue weighted by atomic mass is 9.95. The minimum absolute atomic E-state index is 0.134. The first kappa shape index (κ1) is 24.5. The Hall–Kier alpha value is -3.12. The number of hydrogen-bond acceptors (Lipinski definition) is 5. The van der Waals surface area contributed by atoms with Crippen molar-refractivity contribution in [1.29, 1.82) is 0 Å². The van der Waals surface area contributed by atoms with E-state index in [1.54, 1.807) is 17.0 Å². The molecule has 0 unspecified atom stereocenters. The van der Waals surface area contributed by atoms with Crippen molar-refractivity contribution < 1.29 is 19.4 Å². The molecular weight excluding hydrogens is 416 g/mol. The van der Waals surface area contributed by atoms with E-state index in [1.807, 2.05) is 62.3 Å². The lowest BCUT2D eigenvalue weighted by molar-refractivity contribution is -0.139. The minimum Gasteiger partial charge on any atom is -0.507 e. The molecule has 3 rings (SSSR count). The van der Waals surface area contributed by atoms with Gasteiger partial charge < -0.3 is 19.6 Å². The number of benzene rings is 2. The van der Waals surface area contributed by atoms with E-state index in [2.05, 4.69) is 6.92 Å². The SMILES string of the molecule is CCCCOc1ccc(C(O)=C2C(=O)C(=O)N(CCCN(C)C)[C@H]2c2ccccc2)cc1C. The van der Waals surface area contributed by atoms with Crippen molar-refractivity contribution in [2.45, 2.75) is 39.2 Å². The highest BCUT2D eigenvalue weighted by Crippen LogP contribution is 2.39. The van der Waals surface area contributed by atoms with Crippen LogP contribution in [0, 0.1) is 6.92 Å². The van der Waals surface area contributed by atoms with Crippen LogP contribution in [-0.4, -0.2) is 60.4 Å². The summed E-state index contributed by atoms with van der Waals surface area (Å²) in [7, 11) is 3.95. The van der Waals surface area contributed by atoms with Crippen LogP contribution >= 0.6 is 0 Å². The Labute approximate surface area is 196 Å². The smallest absolute Gasteiger partial charge is 0.295 e. The maximum absolute atomic E-state index is 13.1. The lowest BCUT2D eigenvalue weighted by Gasteiger charge is -2.26. The summed E-state index contributed by atoms with van der Waals surface area (Å²) in [6.45, 7) is 5.88. The largest absolute Gasteiger partial charge is 0.507 e. The molecular formula is C27H34N2O4. The van der Waals surface area contributed by atoms with Gasteiger partial charge in [-0.2, -0.15) is 0 Å².